The molecule has 0 bridgehead atoms. The predicted octanol–water partition coefficient (Wildman–Crippen LogP) is 5.45. The Bertz CT molecular complexity index is 2180. The number of thiazole rings is 1. The highest BCUT2D eigenvalue weighted by Crippen LogP contribution is 2.40. The molecular weight excluding hydrogens is 606 g/mol. The molecule has 0 saturated carbocycles. The third kappa shape index (κ3) is 5.80. The van der Waals surface area contributed by atoms with Crippen molar-refractivity contribution in [2.24, 2.45) is 4.99 Å². The van der Waals surface area contributed by atoms with Gasteiger partial charge in [0.1, 0.15) is 24.1 Å². The molecule has 0 N–H and O–H groups in total. The van der Waals surface area contributed by atoms with Gasteiger partial charge < -0.3 is 14.2 Å². The number of nitro benzene ring substituents is 1. The van der Waals surface area contributed by atoms with E-state index < -0.39 is 16.9 Å². The van der Waals surface area contributed by atoms with Crippen molar-refractivity contribution in [3.63, 3.8) is 0 Å². The van der Waals surface area contributed by atoms with Crippen molar-refractivity contribution in [2.45, 2.75) is 26.5 Å². The molecule has 0 amide bonds. The van der Waals surface area contributed by atoms with Gasteiger partial charge in [-0.25, -0.2) is 9.79 Å². The van der Waals surface area contributed by atoms with Crippen LogP contribution < -0.4 is 24.4 Å². The van der Waals surface area contributed by atoms with Crippen LogP contribution in [0.15, 0.2) is 106 Å². The van der Waals surface area contributed by atoms with Crippen LogP contribution in [-0.2, 0) is 16.1 Å². The minimum absolute atomic E-state index is 0.0215. The zero-order valence-corrected chi connectivity index (χ0v) is 26.1. The van der Waals surface area contributed by atoms with Gasteiger partial charge in [0, 0.05) is 17.7 Å². The van der Waals surface area contributed by atoms with Crippen molar-refractivity contribution in [1.82, 2.24) is 4.57 Å². The van der Waals surface area contributed by atoms with E-state index in [1.807, 2.05) is 48.5 Å². The number of allylic oxidation sites excluding steroid dienone is 1. The monoisotopic (exact) mass is 635 g/mol. The van der Waals surface area contributed by atoms with Gasteiger partial charge in [-0.1, -0.05) is 53.8 Å². The predicted molar refractivity (Wildman–Crippen MR) is 175 cm³/mol. The molecule has 0 saturated heterocycles. The van der Waals surface area contributed by atoms with Crippen molar-refractivity contribution in [3.05, 3.63) is 143 Å². The van der Waals surface area contributed by atoms with E-state index in [2.05, 4.69) is 4.99 Å². The van der Waals surface area contributed by atoms with Gasteiger partial charge in [0.05, 0.1) is 34.4 Å². The van der Waals surface area contributed by atoms with Gasteiger partial charge in [-0.05, 0) is 72.2 Å². The summed E-state index contributed by atoms with van der Waals surface area (Å²) >= 11 is 1.24. The minimum atomic E-state index is -0.825. The summed E-state index contributed by atoms with van der Waals surface area (Å²) in [4.78, 5) is 43.2. The smallest absolute Gasteiger partial charge is 0.338 e. The third-order valence-corrected chi connectivity index (χ3v) is 8.65. The molecule has 10 nitrogen and oxygen atoms in total. The fraction of sp³-hybridized carbons (Fsp3) is 0.171. The number of ether oxygens (including phenoxy) is 3. The summed E-state index contributed by atoms with van der Waals surface area (Å²) < 4.78 is 19.1. The number of fused-ring (bicyclic) bond motifs is 2. The molecule has 46 heavy (non-hydrogen) atoms. The quantitative estimate of drug-likeness (QED) is 0.120. The summed E-state index contributed by atoms with van der Waals surface area (Å²) in [6.07, 6.45) is 1.78. The lowest BCUT2D eigenvalue weighted by molar-refractivity contribution is -0.384. The van der Waals surface area contributed by atoms with E-state index in [4.69, 9.17) is 14.2 Å². The Morgan fingerprint density at radius 3 is 2.48 bits per heavy atom. The van der Waals surface area contributed by atoms with Gasteiger partial charge >= 0.3 is 5.97 Å². The van der Waals surface area contributed by atoms with E-state index >= 15 is 0 Å². The van der Waals surface area contributed by atoms with Crippen molar-refractivity contribution in [1.29, 1.82) is 0 Å². The third-order valence-electron chi connectivity index (χ3n) is 7.67. The van der Waals surface area contributed by atoms with Crippen molar-refractivity contribution >= 4 is 39.8 Å². The van der Waals surface area contributed by atoms with E-state index in [1.165, 1.54) is 23.5 Å². The van der Waals surface area contributed by atoms with Gasteiger partial charge in [0.25, 0.3) is 11.2 Å². The summed E-state index contributed by atoms with van der Waals surface area (Å²) in [5.41, 5.74) is 2.73. The maximum absolute atomic E-state index is 14.2. The van der Waals surface area contributed by atoms with Gasteiger partial charge in [-0.15, -0.1) is 0 Å². The van der Waals surface area contributed by atoms with Crippen LogP contribution >= 0.6 is 11.3 Å². The second-order valence-corrected chi connectivity index (χ2v) is 11.5. The number of aromatic nitrogens is 1. The van der Waals surface area contributed by atoms with Gasteiger partial charge in [-0.2, -0.15) is 0 Å². The topological polar surface area (TPSA) is 122 Å². The van der Waals surface area contributed by atoms with Crippen molar-refractivity contribution in [2.75, 3.05) is 13.7 Å². The van der Waals surface area contributed by atoms with Crippen LogP contribution in [0.2, 0.25) is 0 Å². The number of carbonyl (C=O) groups is 1. The summed E-state index contributed by atoms with van der Waals surface area (Å²) in [6, 6.07) is 24.2. The molecule has 0 fully saturated rings. The summed E-state index contributed by atoms with van der Waals surface area (Å²) in [7, 11) is 1.57. The average Bonchev–Trinajstić information content (AvgIpc) is 3.37. The van der Waals surface area contributed by atoms with Gasteiger partial charge in [0.15, 0.2) is 4.80 Å². The molecule has 0 unspecified atom stereocenters. The number of nitrogens with zero attached hydrogens (tertiary/aromatic N) is 3. The molecule has 2 heterocycles. The Morgan fingerprint density at radius 1 is 1.04 bits per heavy atom. The Morgan fingerprint density at radius 2 is 1.78 bits per heavy atom. The van der Waals surface area contributed by atoms with E-state index in [0.29, 0.717) is 32.1 Å². The highest BCUT2D eigenvalue weighted by molar-refractivity contribution is 7.07. The van der Waals surface area contributed by atoms with Crippen molar-refractivity contribution in [3.8, 4) is 11.5 Å². The molecule has 0 aliphatic carbocycles. The first kappa shape index (κ1) is 30.5. The van der Waals surface area contributed by atoms with Crippen LogP contribution in [0.1, 0.15) is 36.6 Å². The number of methoxy groups -OCH3 is 1. The zero-order valence-electron chi connectivity index (χ0n) is 25.3. The maximum atomic E-state index is 14.2. The lowest BCUT2D eigenvalue weighted by Gasteiger charge is -2.27. The molecule has 6 rings (SSSR count). The second kappa shape index (κ2) is 12.8. The minimum Gasteiger partial charge on any atom is -0.496 e. The lowest BCUT2D eigenvalue weighted by atomic mass is 9.90. The molecule has 1 aliphatic rings. The number of hydrogen-bond donors (Lipinski definition) is 0. The number of hydrogen-bond acceptors (Lipinski definition) is 9. The average molecular weight is 636 g/mol. The Balaban J connectivity index is 1.39. The first-order valence-electron chi connectivity index (χ1n) is 14.5. The Kier molecular flexibility index (Phi) is 8.49. The number of non-ortho nitro benzene ring substituents is 1. The largest absolute Gasteiger partial charge is 0.496 e. The zero-order chi connectivity index (χ0) is 32.4. The fourth-order valence-electron chi connectivity index (χ4n) is 5.49. The highest BCUT2D eigenvalue weighted by Gasteiger charge is 2.36. The Hall–Kier alpha value is -5.55. The maximum Gasteiger partial charge on any atom is 0.338 e. The molecule has 11 heteroatoms. The first-order chi connectivity index (χ1) is 22.3. The summed E-state index contributed by atoms with van der Waals surface area (Å²) in [5.74, 6) is 0.608. The number of nitro groups is 1. The van der Waals surface area contributed by atoms with E-state index in [0.717, 1.165) is 21.9 Å². The highest BCUT2D eigenvalue weighted by atomic mass is 32.1. The van der Waals surface area contributed by atoms with E-state index in [-0.39, 0.29) is 30.0 Å². The van der Waals surface area contributed by atoms with Crippen LogP contribution in [-0.4, -0.2) is 29.2 Å². The summed E-state index contributed by atoms with van der Waals surface area (Å²) in [6.45, 7) is 3.91. The van der Waals surface area contributed by atoms with Crippen LogP contribution in [0.5, 0.6) is 11.5 Å². The molecule has 0 radical (unpaired) electrons. The SMILES string of the molecule is CCOC(=O)C1=C(C)N=c2s/c(=C/c3ccc(OCc4ccc([N+](=O)[O-])cc4)cc3)c(=O)n2[C@H]1c1c(OC)ccc2ccccc12. The molecule has 5 aromatic rings. The van der Waals surface area contributed by atoms with Gasteiger partial charge in [-0.3, -0.25) is 19.5 Å². The molecule has 1 atom stereocenters. The van der Waals surface area contributed by atoms with E-state index in [1.54, 1.807) is 55.9 Å². The van der Waals surface area contributed by atoms with Crippen molar-refractivity contribution < 1.29 is 23.9 Å². The Labute approximate surface area is 267 Å². The number of benzene rings is 4. The molecular formula is C35H29N3O7S. The normalized spacial score (nSPS) is 14.5. The molecule has 0 spiro atoms. The van der Waals surface area contributed by atoms with E-state index in [9.17, 15) is 19.7 Å². The van der Waals surface area contributed by atoms with Crippen LogP contribution in [0.4, 0.5) is 5.69 Å². The number of rotatable bonds is 9. The fourth-order valence-corrected chi connectivity index (χ4v) is 6.54. The lowest BCUT2D eigenvalue weighted by Crippen LogP contribution is -2.40. The molecule has 1 aromatic heterocycles. The van der Waals surface area contributed by atoms with Crippen LogP contribution in [0.3, 0.4) is 0 Å². The standard InChI is InChI=1S/C35H29N3O7S/c1-4-44-34(40)30-21(2)36-35-37(32(30)31-27-8-6-5-7-24(27)13-18-28(31)43-3)33(39)29(46-35)19-22-11-16-26(17-12-22)45-20-23-9-14-25(15-10-23)38(41)42/h5-19,32H,4,20H2,1-3H3/b29-19+/t32-/m1/s1. The molecule has 1 aliphatic heterocycles. The van der Waals surface area contributed by atoms with Gasteiger partial charge in [0.2, 0.25) is 0 Å². The van der Waals surface area contributed by atoms with Crippen LogP contribution in [0.25, 0.3) is 16.8 Å². The number of esters is 1. The number of carbonyl (C=O) groups excluding carboxylic acids is 1. The van der Waals surface area contributed by atoms with Crippen LogP contribution in [0, 0.1) is 10.1 Å². The first-order valence-corrected chi connectivity index (χ1v) is 15.3. The summed E-state index contributed by atoms with van der Waals surface area (Å²) in [5, 5.41) is 12.7. The molecule has 4 aromatic carbocycles. The molecule has 232 valence electrons. The second-order valence-electron chi connectivity index (χ2n) is 10.5.